The minimum Gasteiger partial charge on any atom is -0.490 e. The van der Waals surface area contributed by atoms with Crippen LogP contribution in [0.5, 0.6) is 17.2 Å². The summed E-state index contributed by atoms with van der Waals surface area (Å²) in [6, 6.07) is 8.72. The fourth-order valence-electron chi connectivity index (χ4n) is 4.12. The minimum atomic E-state index is -0.422. The first-order valence-electron chi connectivity index (χ1n) is 12.8. The van der Waals surface area contributed by atoms with Gasteiger partial charge >= 0.3 is 0 Å². The van der Waals surface area contributed by atoms with E-state index in [2.05, 4.69) is 15.5 Å². The molecule has 1 fully saturated rings. The summed E-state index contributed by atoms with van der Waals surface area (Å²) >= 11 is 12.0. The third-order valence-electron chi connectivity index (χ3n) is 5.88. The molecule has 2 aromatic carbocycles. The van der Waals surface area contributed by atoms with Crippen LogP contribution < -0.4 is 29.7 Å². The highest BCUT2D eigenvalue weighted by Crippen LogP contribution is 2.39. The number of ether oxygens (including phenoxy) is 3. The highest BCUT2D eigenvalue weighted by Gasteiger charge is 2.22. The van der Waals surface area contributed by atoms with Gasteiger partial charge < -0.3 is 29.3 Å². The lowest BCUT2D eigenvalue weighted by Gasteiger charge is -2.36. The Morgan fingerprint density at radius 2 is 1.53 bits per heavy atom. The van der Waals surface area contributed by atoms with Crippen LogP contribution in [0.1, 0.15) is 44.5 Å². The van der Waals surface area contributed by atoms with Gasteiger partial charge in [-0.1, -0.05) is 18.5 Å². The summed E-state index contributed by atoms with van der Waals surface area (Å²) in [6.07, 6.45) is 0.511. The van der Waals surface area contributed by atoms with Gasteiger partial charge in [0.25, 0.3) is 5.91 Å². The third kappa shape index (κ3) is 7.41. The average molecular weight is 563 g/mol. The average Bonchev–Trinajstić information content (AvgIpc) is 2.90. The quantitative estimate of drug-likeness (QED) is 0.402. The summed E-state index contributed by atoms with van der Waals surface area (Å²) in [6.45, 7) is 11.4. The maximum absolute atomic E-state index is 13.0. The molecule has 0 aromatic heterocycles. The highest BCUT2D eigenvalue weighted by atomic mass is 35.5. The summed E-state index contributed by atoms with van der Waals surface area (Å²) in [5, 5.41) is 6.37. The van der Waals surface area contributed by atoms with Crippen LogP contribution in [-0.2, 0) is 4.79 Å². The van der Waals surface area contributed by atoms with Gasteiger partial charge in [-0.05, 0) is 63.3 Å². The van der Waals surface area contributed by atoms with Crippen molar-refractivity contribution < 1.29 is 23.8 Å². The van der Waals surface area contributed by atoms with Gasteiger partial charge in [-0.2, -0.15) is 0 Å². The zero-order valence-corrected chi connectivity index (χ0v) is 23.8. The first-order valence-corrected chi connectivity index (χ1v) is 13.6. The van der Waals surface area contributed by atoms with Crippen LogP contribution in [0.3, 0.4) is 0 Å². The first kappa shape index (κ1) is 29.3. The van der Waals surface area contributed by atoms with E-state index in [0.717, 1.165) is 5.69 Å². The second-order valence-corrected chi connectivity index (χ2v) is 9.21. The first-order chi connectivity index (χ1) is 18.3. The molecular weight excluding hydrogens is 528 g/mol. The monoisotopic (exact) mass is 562 g/mol. The number of halogens is 1. The van der Waals surface area contributed by atoms with Crippen molar-refractivity contribution in [2.75, 3.05) is 56.2 Å². The predicted molar refractivity (Wildman–Crippen MR) is 154 cm³/mol. The number of thiocarbonyl (C=S) groups is 1. The molecule has 1 saturated heterocycles. The minimum absolute atomic E-state index is 0.121. The molecule has 2 amide bonds. The number of benzene rings is 2. The van der Waals surface area contributed by atoms with E-state index in [4.69, 9.17) is 38.0 Å². The summed E-state index contributed by atoms with van der Waals surface area (Å²) in [5.41, 5.74) is 1.84. The van der Waals surface area contributed by atoms with Crippen molar-refractivity contribution in [2.45, 2.75) is 34.1 Å². The molecule has 2 aromatic rings. The second-order valence-electron chi connectivity index (χ2n) is 8.40. The Kier molecular flexibility index (Phi) is 10.8. The fourth-order valence-corrected chi connectivity index (χ4v) is 4.63. The van der Waals surface area contributed by atoms with Crippen LogP contribution in [0.4, 0.5) is 11.4 Å². The smallest absolute Gasteiger partial charge is 0.257 e. The van der Waals surface area contributed by atoms with E-state index in [0.29, 0.717) is 85.9 Å². The Morgan fingerprint density at radius 1 is 0.921 bits per heavy atom. The van der Waals surface area contributed by atoms with E-state index in [1.54, 1.807) is 18.2 Å². The zero-order valence-electron chi connectivity index (χ0n) is 22.3. The number of piperazine rings is 1. The Balaban J connectivity index is 1.66. The van der Waals surface area contributed by atoms with E-state index >= 15 is 0 Å². The van der Waals surface area contributed by atoms with Crippen molar-refractivity contribution in [1.82, 2.24) is 10.2 Å². The molecule has 0 bridgehead atoms. The normalized spacial score (nSPS) is 13.1. The Bertz CT molecular complexity index is 1130. The maximum Gasteiger partial charge on any atom is 0.257 e. The van der Waals surface area contributed by atoms with Gasteiger partial charge in [-0.3, -0.25) is 14.9 Å². The highest BCUT2D eigenvalue weighted by molar-refractivity contribution is 7.80. The molecule has 1 heterocycles. The van der Waals surface area contributed by atoms with Crippen LogP contribution in [-0.4, -0.2) is 67.8 Å². The number of nitrogens with zero attached hydrogens (tertiary/aromatic N) is 2. The second kappa shape index (κ2) is 14.1. The number of nitrogens with one attached hydrogen (secondary N) is 2. The lowest BCUT2D eigenvalue weighted by atomic mass is 10.1. The van der Waals surface area contributed by atoms with Crippen LogP contribution >= 0.6 is 23.8 Å². The Morgan fingerprint density at radius 3 is 2.05 bits per heavy atom. The predicted octanol–water partition coefficient (Wildman–Crippen LogP) is 4.72. The molecular formula is C27H35ClN4O5S. The van der Waals surface area contributed by atoms with Gasteiger partial charge in [0, 0.05) is 43.9 Å². The van der Waals surface area contributed by atoms with Gasteiger partial charge in [-0.15, -0.1) is 0 Å². The van der Waals surface area contributed by atoms with Gasteiger partial charge in [0.05, 0.1) is 30.5 Å². The molecule has 0 aliphatic carbocycles. The SMILES string of the molecule is CCOc1cc(C(=O)NC(=S)Nc2ccc(N3CCN(C(=O)CC)CC3)c(Cl)c2)cc(OCC)c1OCC. The molecule has 38 heavy (non-hydrogen) atoms. The van der Waals surface area contributed by atoms with E-state index in [-0.39, 0.29) is 11.0 Å². The lowest BCUT2D eigenvalue weighted by Crippen LogP contribution is -2.48. The summed E-state index contributed by atoms with van der Waals surface area (Å²) in [5.74, 6) is 1.05. The molecule has 0 atom stereocenters. The zero-order chi connectivity index (χ0) is 27.7. The Hall–Kier alpha value is -3.24. The van der Waals surface area contributed by atoms with Crippen LogP contribution in [0.15, 0.2) is 30.3 Å². The number of carbonyl (C=O) groups is 2. The number of carbonyl (C=O) groups excluding carboxylic acids is 2. The van der Waals surface area contributed by atoms with E-state index in [1.165, 1.54) is 0 Å². The molecule has 0 saturated carbocycles. The van der Waals surface area contributed by atoms with Crippen molar-refractivity contribution in [3.63, 3.8) is 0 Å². The van der Waals surface area contributed by atoms with Crippen molar-refractivity contribution in [3.05, 3.63) is 40.9 Å². The summed E-state index contributed by atoms with van der Waals surface area (Å²) in [7, 11) is 0. The summed E-state index contributed by atoms with van der Waals surface area (Å²) in [4.78, 5) is 29.0. The van der Waals surface area contributed by atoms with E-state index in [1.807, 2.05) is 44.7 Å². The molecule has 206 valence electrons. The van der Waals surface area contributed by atoms with Gasteiger partial charge in [-0.25, -0.2) is 0 Å². The largest absolute Gasteiger partial charge is 0.490 e. The van der Waals surface area contributed by atoms with Crippen molar-refractivity contribution in [2.24, 2.45) is 0 Å². The molecule has 3 rings (SSSR count). The van der Waals surface area contributed by atoms with Crippen LogP contribution in [0.2, 0.25) is 5.02 Å². The standard InChI is InChI=1S/C27H35ClN4O5S/c1-5-24(33)32-13-11-31(12-14-32)21-10-9-19(17-20(21)28)29-27(38)30-26(34)18-15-22(35-6-2)25(37-8-4)23(16-18)36-7-3/h9-10,15-17H,5-8,11-14H2,1-4H3,(H2,29,30,34,38). The molecule has 0 spiro atoms. The summed E-state index contributed by atoms with van der Waals surface area (Å²) < 4.78 is 17.1. The molecule has 2 N–H and O–H groups in total. The van der Waals surface area contributed by atoms with Gasteiger partial charge in [0.1, 0.15) is 0 Å². The molecule has 1 aliphatic heterocycles. The van der Waals surface area contributed by atoms with Gasteiger partial charge in [0.15, 0.2) is 16.6 Å². The number of amides is 2. The van der Waals surface area contributed by atoms with Gasteiger partial charge in [0.2, 0.25) is 11.7 Å². The fraction of sp³-hybridized carbons (Fsp3) is 0.444. The van der Waals surface area contributed by atoms with E-state index < -0.39 is 5.91 Å². The third-order valence-corrected chi connectivity index (χ3v) is 6.39. The van der Waals surface area contributed by atoms with Crippen LogP contribution in [0, 0.1) is 0 Å². The van der Waals surface area contributed by atoms with Crippen molar-refractivity contribution in [3.8, 4) is 17.2 Å². The molecule has 0 unspecified atom stereocenters. The van der Waals surface area contributed by atoms with Crippen molar-refractivity contribution in [1.29, 1.82) is 0 Å². The number of rotatable bonds is 10. The van der Waals surface area contributed by atoms with Crippen molar-refractivity contribution >= 4 is 52.1 Å². The topological polar surface area (TPSA) is 92.4 Å². The number of hydrogen-bond acceptors (Lipinski definition) is 7. The molecule has 9 nitrogen and oxygen atoms in total. The van der Waals surface area contributed by atoms with E-state index in [9.17, 15) is 9.59 Å². The maximum atomic E-state index is 13.0. The molecule has 11 heteroatoms. The molecule has 0 radical (unpaired) electrons. The number of hydrogen-bond donors (Lipinski definition) is 2. The molecule has 1 aliphatic rings. The number of anilines is 2. The van der Waals surface area contributed by atoms with Crippen LogP contribution in [0.25, 0.3) is 0 Å². The lowest BCUT2D eigenvalue weighted by molar-refractivity contribution is -0.131. The Labute approximate surface area is 234 Å².